The molecule has 1 saturated carbocycles. The molecule has 96 valence electrons. The summed E-state index contributed by atoms with van der Waals surface area (Å²) in [5.74, 6) is -1.46. The monoisotopic (exact) mass is 243 g/mol. The number of carbonyl (C=O) groups excluding carboxylic acids is 2. The summed E-state index contributed by atoms with van der Waals surface area (Å²) in [5, 5.41) is 13.6. The Balaban J connectivity index is 2.36. The van der Waals surface area contributed by atoms with Crippen LogP contribution in [0.3, 0.4) is 0 Å². The molecule has 0 spiro atoms. The predicted molar refractivity (Wildman–Crippen MR) is 59.1 cm³/mol. The first kappa shape index (κ1) is 13.3. The lowest BCUT2D eigenvalue weighted by molar-refractivity contribution is -0.140. The Morgan fingerprint density at radius 2 is 2.00 bits per heavy atom. The molecule has 17 heavy (non-hydrogen) atoms. The average molecular weight is 243 g/mol. The van der Waals surface area contributed by atoms with Crippen LogP contribution in [-0.4, -0.2) is 35.1 Å². The molecule has 0 radical (unpaired) electrons. The van der Waals surface area contributed by atoms with Crippen molar-refractivity contribution in [1.82, 2.24) is 10.6 Å². The molecule has 7 nitrogen and oxygen atoms in total. The Bertz CT molecular complexity index is 326. The first-order valence-corrected chi connectivity index (χ1v) is 5.46. The molecular formula is C10H17N3O4. The zero-order valence-electron chi connectivity index (χ0n) is 9.60. The van der Waals surface area contributed by atoms with Gasteiger partial charge in [0.05, 0.1) is 6.42 Å². The number of urea groups is 1. The molecule has 1 atom stereocenters. The molecule has 7 heteroatoms. The minimum absolute atomic E-state index is 0.0908. The number of nitrogens with two attached hydrogens (primary N) is 1. The van der Waals surface area contributed by atoms with Crippen molar-refractivity contribution in [2.75, 3.05) is 0 Å². The van der Waals surface area contributed by atoms with Crippen LogP contribution in [0.2, 0.25) is 0 Å². The van der Waals surface area contributed by atoms with E-state index in [1.807, 2.05) is 0 Å². The Kier molecular flexibility index (Phi) is 4.30. The van der Waals surface area contributed by atoms with Gasteiger partial charge in [-0.2, -0.15) is 0 Å². The zero-order chi connectivity index (χ0) is 13.0. The molecule has 0 aliphatic heterocycles. The molecule has 1 unspecified atom stereocenters. The Hall–Kier alpha value is -1.79. The minimum atomic E-state index is -1.28. The summed E-state index contributed by atoms with van der Waals surface area (Å²) in [7, 11) is 0. The lowest BCUT2D eigenvalue weighted by Crippen LogP contribution is -2.52. The molecule has 0 aromatic carbocycles. The van der Waals surface area contributed by atoms with Crippen LogP contribution in [0, 0.1) is 5.92 Å². The van der Waals surface area contributed by atoms with Crippen molar-refractivity contribution in [2.45, 2.75) is 38.3 Å². The number of hydrogen-bond donors (Lipinski definition) is 4. The third-order valence-corrected chi connectivity index (χ3v) is 2.72. The Morgan fingerprint density at radius 1 is 1.41 bits per heavy atom. The number of aliphatic carboxylic acids is 1. The van der Waals surface area contributed by atoms with Crippen LogP contribution in [0.5, 0.6) is 0 Å². The van der Waals surface area contributed by atoms with Gasteiger partial charge < -0.3 is 21.5 Å². The molecule has 1 fully saturated rings. The summed E-state index contributed by atoms with van der Waals surface area (Å²) in [4.78, 5) is 32.8. The van der Waals surface area contributed by atoms with Crippen LogP contribution in [0.1, 0.15) is 26.2 Å². The van der Waals surface area contributed by atoms with E-state index in [1.54, 1.807) is 0 Å². The number of primary amides is 1. The molecule has 0 bridgehead atoms. The summed E-state index contributed by atoms with van der Waals surface area (Å²) in [5.41, 5.74) is 4.89. The molecule has 1 aliphatic rings. The molecule has 0 aromatic heterocycles. The number of amides is 3. The zero-order valence-corrected chi connectivity index (χ0v) is 9.60. The second-order valence-corrected chi connectivity index (χ2v) is 4.45. The molecule has 0 saturated heterocycles. The summed E-state index contributed by atoms with van der Waals surface area (Å²) in [6.45, 7) is 2.07. The smallest absolute Gasteiger partial charge is 0.326 e. The van der Waals surface area contributed by atoms with Gasteiger partial charge >= 0.3 is 12.0 Å². The Labute approximate surface area is 98.7 Å². The van der Waals surface area contributed by atoms with E-state index in [0.717, 1.165) is 12.8 Å². The lowest BCUT2D eigenvalue weighted by Gasteiger charge is -2.33. The standard InChI is InChI=1S/C10H17N3O4/c1-5-2-6(3-5)12-10(17)13-7(9(15)16)4-8(11)14/h5-7H,2-4H2,1H3,(H2,11,14)(H,15,16)(H2,12,13,17). The van der Waals surface area contributed by atoms with Gasteiger partial charge in [-0.25, -0.2) is 9.59 Å². The highest BCUT2D eigenvalue weighted by atomic mass is 16.4. The van der Waals surface area contributed by atoms with E-state index in [4.69, 9.17) is 10.8 Å². The second-order valence-electron chi connectivity index (χ2n) is 4.45. The molecule has 0 heterocycles. The van der Waals surface area contributed by atoms with Gasteiger partial charge in [0.1, 0.15) is 6.04 Å². The van der Waals surface area contributed by atoms with E-state index < -0.39 is 30.4 Å². The lowest BCUT2D eigenvalue weighted by atomic mass is 9.82. The molecule has 5 N–H and O–H groups in total. The maximum atomic E-state index is 11.4. The van der Waals surface area contributed by atoms with Gasteiger partial charge in [0, 0.05) is 6.04 Å². The van der Waals surface area contributed by atoms with Crippen molar-refractivity contribution in [3.05, 3.63) is 0 Å². The maximum absolute atomic E-state index is 11.4. The van der Waals surface area contributed by atoms with Crippen molar-refractivity contribution >= 4 is 17.9 Å². The van der Waals surface area contributed by atoms with Crippen molar-refractivity contribution < 1.29 is 19.5 Å². The number of carbonyl (C=O) groups is 3. The highest BCUT2D eigenvalue weighted by Crippen LogP contribution is 2.25. The topological polar surface area (TPSA) is 122 Å². The first-order chi connectivity index (χ1) is 7.88. The molecule has 1 rings (SSSR count). The number of nitrogens with one attached hydrogen (secondary N) is 2. The summed E-state index contributed by atoms with van der Waals surface area (Å²) in [6.07, 6.45) is 1.37. The second kappa shape index (κ2) is 5.51. The van der Waals surface area contributed by atoms with Crippen LogP contribution in [0.4, 0.5) is 4.79 Å². The van der Waals surface area contributed by atoms with Gasteiger partial charge in [-0.1, -0.05) is 6.92 Å². The third kappa shape index (κ3) is 4.29. The van der Waals surface area contributed by atoms with E-state index in [0.29, 0.717) is 5.92 Å². The van der Waals surface area contributed by atoms with Crippen LogP contribution < -0.4 is 16.4 Å². The number of carboxylic acid groups (broad SMARTS) is 1. The Morgan fingerprint density at radius 3 is 2.41 bits per heavy atom. The fourth-order valence-electron chi connectivity index (χ4n) is 1.81. The highest BCUT2D eigenvalue weighted by molar-refractivity contribution is 5.87. The van der Waals surface area contributed by atoms with Crippen LogP contribution in [-0.2, 0) is 9.59 Å². The van der Waals surface area contributed by atoms with E-state index in [-0.39, 0.29) is 6.04 Å². The van der Waals surface area contributed by atoms with Crippen molar-refractivity contribution in [3.8, 4) is 0 Å². The predicted octanol–water partition coefficient (Wildman–Crippen LogP) is -0.587. The van der Waals surface area contributed by atoms with Gasteiger partial charge in [0.15, 0.2) is 0 Å². The average Bonchev–Trinajstić information content (AvgIpc) is 2.13. The summed E-state index contributed by atoms with van der Waals surface area (Å²) in [6, 6.07) is -1.76. The molecule has 1 aliphatic carbocycles. The number of hydrogen-bond acceptors (Lipinski definition) is 3. The van der Waals surface area contributed by atoms with Gasteiger partial charge in [-0.15, -0.1) is 0 Å². The van der Waals surface area contributed by atoms with Crippen molar-refractivity contribution in [3.63, 3.8) is 0 Å². The summed E-state index contributed by atoms with van der Waals surface area (Å²) >= 11 is 0. The van der Waals surface area contributed by atoms with Gasteiger partial charge in [-0.3, -0.25) is 4.79 Å². The normalized spacial score (nSPS) is 24.3. The van der Waals surface area contributed by atoms with Crippen molar-refractivity contribution in [1.29, 1.82) is 0 Å². The quantitative estimate of drug-likeness (QED) is 0.515. The third-order valence-electron chi connectivity index (χ3n) is 2.72. The highest BCUT2D eigenvalue weighted by Gasteiger charge is 2.28. The van der Waals surface area contributed by atoms with Crippen LogP contribution in [0.15, 0.2) is 0 Å². The van der Waals surface area contributed by atoms with E-state index in [1.165, 1.54) is 0 Å². The van der Waals surface area contributed by atoms with Gasteiger partial charge in [-0.05, 0) is 18.8 Å². The van der Waals surface area contributed by atoms with E-state index in [2.05, 4.69) is 17.6 Å². The van der Waals surface area contributed by atoms with Crippen LogP contribution in [0.25, 0.3) is 0 Å². The molecule has 3 amide bonds. The molecular weight excluding hydrogens is 226 g/mol. The van der Waals surface area contributed by atoms with E-state index >= 15 is 0 Å². The molecule has 0 aromatic rings. The fourth-order valence-corrected chi connectivity index (χ4v) is 1.81. The SMILES string of the molecule is CC1CC(NC(=O)NC(CC(N)=O)C(=O)O)C1. The van der Waals surface area contributed by atoms with E-state index in [9.17, 15) is 14.4 Å². The summed E-state index contributed by atoms with van der Waals surface area (Å²) < 4.78 is 0. The number of rotatable bonds is 5. The van der Waals surface area contributed by atoms with Crippen molar-refractivity contribution in [2.24, 2.45) is 11.7 Å². The van der Waals surface area contributed by atoms with Gasteiger partial charge in [0.2, 0.25) is 5.91 Å². The number of carboxylic acids is 1. The van der Waals surface area contributed by atoms with Gasteiger partial charge in [0.25, 0.3) is 0 Å². The largest absolute Gasteiger partial charge is 0.480 e. The van der Waals surface area contributed by atoms with Crippen LogP contribution >= 0.6 is 0 Å². The minimum Gasteiger partial charge on any atom is -0.480 e. The maximum Gasteiger partial charge on any atom is 0.326 e. The fraction of sp³-hybridized carbons (Fsp3) is 0.700. The first-order valence-electron chi connectivity index (χ1n) is 5.46.